The van der Waals surface area contributed by atoms with Crippen LogP contribution in [0.2, 0.25) is 0 Å². The van der Waals surface area contributed by atoms with Crippen LogP contribution in [0.15, 0.2) is 28.1 Å². The number of carbonyl (C=O) groups excluding carboxylic acids is 1. The fourth-order valence-electron chi connectivity index (χ4n) is 3.02. The topological polar surface area (TPSA) is 60.4 Å². The summed E-state index contributed by atoms with van der Waals surface area (Å²) in [6, 6.07) is 5.64. The number of carbonyl (C=O) groups is 1. The number of amidine groups is 1. The summed E-state index contributed by atoms with van der Waals surface area (Å²) in [5.74, 6) is 1.24. The van der Waals surface area contributed by atoms with Gasteiger partial charge in [-0.25, -0.2) is 0 Å². The van der Waals surface area contributed by atoms with Crippen molar-refractivity contribution in [2.45, 2.75) is 26.1 Å². The third-order valence-corrected chi connectivity index (χ3v) is 5.04. The van der Waals surface area contributed by atoms with Crippen molar-refractivity contribution in [3.05, 3.63) is 28.7 Å². The highest BCUT2D eigenvalue weighted by Crippen LogP contribution is 2.35. The Balaban J connectivity index is 1.51. The van der Waals surface area contributed by atoms with Crippen LogP contribution in [0.4, 0.5) is 0 Å². The highest BCUT2D eigenvalue weighted by atomic mass is 32.2. The first-order valence-electron chi connectivity index (χ1n) is 7.91. The molecular formula is C17H18N2O4S. The summed E-state index contributed by atoms with van der Waals surface area (Å²) in [5, 5.41) is 0.758. The van der Waals surface area contributed by atoms with Gasteiger partial charge >= 0.3 is 0 Å². The lowest BCUT2D eigenvalue weighted by Gasteiger charge is -2.35. The molecule has 1 aromatic rings. The fraction of sp³-hybridized carbons (Fsp3) is 0.412. The van der Waals surface area contributed by atoms with Crippen molar-refractivity contribution in [1.29, 1.82) is 0 Å². The molecule has 1 saturated heterocycles. The lowest BCUT2D eigenvalue weighted by atomic mass is 10.2. The number of amides is 1. The summed E-state index contributed by atoms with van der Waals surface area (Å²) in [7, 11) is 0. The van der Waals surface area contributed by atoms with Crippen molar-refractivity contribution in [2.24, 2.45) is 4.99 Å². The number of hydrogen-bond donors (Lipinski definition) is 0. The average Bonchev–Trinajstić information content (AvgIpc) is 3.13. The number of benzene rings is 1. The van der Waals surface area contributed by atoms with Crippen molar-refractivity contribution in [2.75, 3.05) is 19.9 Å². The highest BCUT2D eigenvalue weighted by Gasteiger charge is 2.31. The first kappa shape index (κ1) is 15.5. The molecule has 6 nitrogen and oxygen atoms in total. The molecule has 1 fully saturated rings. The Morgan fingerprint density at radius 1 is 1.21 bits per heavy atom. The Morgan fingerprint density at radius 2 is 1.96 bits per heavy atom. The first-order valence-corrected chi connectivity index (χ1v) is 8.73. The monoisotopic (exact) mass is 346 g/mol. The lowest BCUT2D eigenvalue weighted by Crippen LogP contribution is -2.47. The van der Waals surface area contributed by atoms with E-state index in [2.05, 4.69) is 9.89 Å². The molecule has 4 rings (SSSR count). The molecule has 1 amide bonds. The predicted molar refractivity (Wildman–Crippen MR) is 92.2 cm³/mol. The number of morpholine rings is 1. The van der Waals surface area contributed by atoms with Gasteiger partial charge in [0, 0.05) is 13.1 Å². The van der Waals surface area contributed by atoms with Crippen LogP contribution in [0.5, 0.6) is 11.5 Å². The zero-order valence-electron chi connectivity index (χ0n) is 13.5. The van der Waals surface area contributed by atoms with E-state index < -0.39 is 0 Å². The minimum Gasteiger partial charge on any atom is -0.454 e. The summed E-state index contributed by atoms with van der Waals surface area (Å²) < 4.78 is 16.4. The Hall–Kier alpha value is -1.99. The van der Waals surface area contributed by atoms with E-state index in [9.17, 15) is 4.79 Å². The molecule has 3 heterocycles. The van der Waals surface area contributed by atoms with Gasteiger partial charge in [-0.3, -0.25) is 4.79 Å². The van der Waals surface area contributed by atoms with Gasteiger partial charge in [0.25, 0.3) is 5.91 Å². The van der Waals surface area contributed by atoms with Gasteiger partial charge in [-0.15, -0.1) is 0 Å². The van der Waals surface area contributed by atoms with Gasteiger partial charge in [-0.05, 0) is 49.4 Å². The molecule has 3 aliphatic rings. The molecule has 0 aliphatic carbocycles. The van der Waals surface area contributed by atoms with Crippen LogP contribution < -0.4 is 9.47 Å². The molecule has 126 valence electrons. The predicted octanol–water partition coefficient (Wildman–Crippen LogP) is 2.49. The number of thioether (sulfide) groups is 1. The second kappa shape index (κ2) is 6.14. The average molecular weight is 346 g/mol. The number of hydrogen-bond acceptors (Lipinski definition) is 6. The Morgan fingerprint density at radius 3 is 2.75 bits per heavy atom. The number of aliphatic imine (C=N–C) groups is 1. The molecule has 7 heteroatoms. The molecule has 0 bridgehead atoms. The van der Waals surface area contributed by atoms with Gasteiger partial charge in [-0.1, -0.05) is 6.07 Å². The van der Waals surface area contributed by atoms with Crippen molar-refractivity contribution >= 4 is 28.9 Å². The molecule has 0 radical (unpaired) electrons. The molecule has 2 atom stereocenters. The number of ether oxygens (including phenoxy) is 3. The Labute approximate surface area is 144 Å². The van der Waals surface area contributed by atoms with E-state index in [1.54, 1.807) is 0 Å². The standard InChI is InChI=1S/C17H18N2O4S/c1-10-7-19(8-11(2)23-10)17-18-16(20)15(24-17)6-12-3-4-13-14(5-12)22-9-21-13/h3-6,10-11H,7-9H2,1-2H3/b15-6-/t10-,11-/m1/s1. The van der Waals surface area contributed by atoms with E-state index >= 15 is 0 Å². The maximum atomic E-state index is 12.2. The SMILES string of the molecule is C[C@@H]1CN(C2=NC(=O)/C(=C/c3ccc4c(c3)OCO4)S2)C[C@@H](C)O1. The highest BCUT2D eigenvalue weighted by molar-refractivity contribution is 8.18. The number of fused-ring (bicyclic) bond motifs is 1. The fourth-order valence-corrected chi connectivity index (χ4v) is 3.95. The quantitative estimate of drug-likeness (QED) is 0.728. The number of nitrogens with zero attached hydrogens (tertiary/aromatic N) is 2. The summed E-state index contributed by atoms with van der Waals surface area (Å²) in [5.41, 5.74) is 0.898. The second-order valence-corrected chi connectivity index (χ2v) is 7.09. The van der Waals surface area contributed by atoms with Crippen LogP contribution in [0.1, 0.15) is 19.4 Å². The Kier molecular flexibility index (Phi) is 3.97. The third kappa shape index (κ3) is 3.01. The smallest absolute Gasteiger partial charge is 0.286 e. The molecule has 0 N–H and O–H groups in total. The molecule has 0 unspecified atom stereocenters. The van der Waals surface area contributed by atoms with Crippen molar-refractivity contribution in [1.82, 2.24) is 4.90 Å². The van der Waals surface area contributed by atoms with Gasteiger partial charge < -0.3 is 19.1 Å². The van der Waals surface area contributed by atoms with Crippen LogP contribution >= 0.6 is 11.8 Å². The van der Waals surface area contributed by atoms with Gasteiger partial charge in [0.2, 0.25) is 6.79 Å². The molecule has 0 saturated carbocycles. The molecule has 0 spiro atoms. The molecule has 0 aromatic heterocycles. The molecule has 24 heavy (non-hydrogen) atoms. The van der Waals surface area contributed by atoms with Crippen molar-refractivity contribution in [3.8, 4) is 11.5 Å². The first-order chi connectivity index (χ1) is 11.6. The van der Waals surface area contributed by atoms with E-state index in [0.717, 1.165) is 29.6 Å². The molecule has 3 aliphatic heterocycles. The van der Waals surface area contributed by atoms with Gasteiger partial charge in [0.05, 0.1) is 17.1 Å². The normalized spacial score (nSPS) is 27.8. The van der Waals surface area contributed by atoms with Crippen LogP contribution in [0, 0.1) is 0 Å². The van der Waals surface area contributed by atoms with E-state index in [0.29, 0.717) is 10.7 Å². The van der Waals surface area contributed by atoms with Crippen LogP contribution in [0.25, 0.3) is 6.08 Å². The van der Waals surface area contributed by atoms with Crippen LogP contribution in [-0.4, -0.2) is 48.1 Å². The van der Waals surface area contributed by atoms with E-state index in [1.165, 1.54) is 11.8 Å². The lowest BCUT2D eigenvalue weighted by molar-refractivity contribution is -0.113. The zero-order valence-corrected chi connectivity index (χ0v) is 14.3. The summed E-state index contributed by atoms with van der Waals surface area (Å²) in [6.07, 6.45) is 2.11. The Bertz CT molecular complexity index is 736. The van der Waals surface area contributed by atoms with Crippen LogP contribution in [-0.2, 0) is 9.53 Å². The van der Waals surface area contributed by atoms with Gasteiger partial charge in [0.15, 0.2) is 16.7 Å². The summed E-state index contributed by atoms with van der Waals surface area (Å²) in [4.78, 5) is 19.2. The van der Waals surface area contributed by atoms with Crippen molar-refractivity contribution in [3.63, 3.8) is 0 Å². The van der Waals surface area contributed by atoms with Crippen LogP contribution in [0.3, 0.4) is 0 Å². The van der Waals surface area contributed by atoms with Crippen molar-refractivity contribution < 1.29 is 19.0 Å². The number of rotatable bonds is 1. The van der Waals surface area contributed by atoms with E-state index in [-0.39, 0.29) is 24.9 Å². The molecular weight excluding hydrogens is 328 g/mol. The molecule has 1 aromatic carbocycles. The maximum Gasteiger partial charge on any atom is 0.286 e. The zero-order chi connectivity index (χ0) is 16.7. The summed E-state index contributed by atoms with van der Waals surface area (Å²) in [6.45, 7) is 5.81. The third-order valence-electron chi connectivity index (χ3n) is 3.99. The van der Waals surface area contributed by atoms with E-state index in [4.69, 9.17) is 14.2 Å². The van der Waals surface area contributed by atoms with Gasteiger partial charge in [0.1, 0.15) is 0 Å². The minimum absolute atomic E-state index is 0.133. The van der Waals surface area contributed by atoms with E-state index in [1.807, 2.05) is 38.1 Å². The second-order valence-electron chi connectivity index (χ2n) is 6.09. The summed E-state index contributed by atoms with van der Waals surface area (Å²) >= 11 is 1.42. The minimum atomic E-state index is -0.195. The van der Waals surface area contributed by atoms with Gasteiger partial charge in [-0.2, -0.15) is 4.99 Å². The maximum absolute atomic E-state index is 12.2. The largest absolute Gasteiger partial charge is 0.454 e.